The molecule has 0 atom stereocenters. The summed E-state index contributed by atoms with van der Waals surface area (Å²) in [6.07, 6.45) is 0. The van der Waals surface area contributed by atoms with Gasteiger partial charge in [0, 0.05) is 11.3 Å². The minimum atomic E-state index is -0.445. The zero-order valence-corrected chi connectivity index (χ0v) is 10.8. The van der Waals surface area contributed by atoms with Crippen molar-refractivity contribution in [2.24, 2.45) is 0 Å². The minimum absolute atomic E-state index is 0.0441. The van der Waals surface area contributed by atoms with E-state index in [1.54, 1.807) is 13.0 Å². The number of nitrogen functional groups attached to an aromatic ring is 1. The Labute approximate surface area is 101 Å². The fraction of sp³-hybridized carbons (Fsp3) is 0.500. The van der Waals surface area contributed by atoms with Crippen molar-refractivity contribution in [1.82, 2.24) is 0 Å². The second-order valence-corrected chi connectivity index (χ2v) is 5.03. The van der Waals surface area contributed by atoms with Crippen molar-refractivity contribution in [2.75, 3.05) is 12.8 Å². The maximum Gasteiger partial charge on any atom is 0.316 e. The summed E-state index contributed by atoms with van der Waals surface area (Å²) in [5.74, 6) is 0.300. The quantitative estimate of drug-likeness (QED) is 0.488. The molecule has 1 aromatic carbocycles. The number of benzene rings is 1. The first-order valence-corrected chi connectivity index (χ1v) is 5.32. The van der Waals surface area contributed by atoms with Crippen molar-refractivity contribution in [2.45, 2.75) is 33.1 Å². The van der Waals surface area contributed by atoms with Crippen molar-refractivity contribution in [3.05, 3.63) is 27.3 Å². The van der Waals surface area contributed by atoms with E-state index in [1.807, 2.05) is 20.8 Å². The Morgan fingerprint density at radius 3 is 2.29 bits per heavy atom. The molecule has 5 heteroatoms. The highest BCUT2D eigenvalue weighted by Gasteiger charge is 2.29. The number of methoxy groups -OCH3 is 1. The molecule has 0 saturated carbocycles. The molecular formula is C12H18N2O3. The van der Waals surface area contributed by atoms with E-state index in [0.717, 1.165) is 5.56 Å². The lowest BCUT2D eigenvalue weighted by molar-refractivity contribution is -0.386. The normalized spacial score (nSPS) is 11.4. The largest absolute Gasteiger partial charge is 0.490 e. The molecular weight excluding hydrogens is 220 g/mol. The number of nitro benzene ring substituents is 1. The molecule has 1 aromatic rings. The average molecular weight is 238 g/mol. The van der Waals surface area contributed by atoms with Crippen LogP contribution in [0.15, 0.2) is 6.07 Å². The second kappa shape index (κ2) is 4.24. The van der Waals surface area contributed by atoms with Crippen LogP contribution in [0.2, 0.25) is 0 Å². The smallest absolute Gasteiger partial charge is 0.316 e. The van der Waals surface area contributed by atoms with Gasteiger partial charge in [-0.3, -0.25) is 10.1 Å². The third-order valence-corrected chi connectivity index (χ3v) is 2.74. The lowest BCUT2D eigenvalue weighted by Crippen LogP contribution is -2.15. The van der Waals surface area contributed by atoms with Gasteiger partial charge < -0.3 is 10.5 Å². The molecule has 0 spiro atoms. The van der Waals surface area contributed by atoms with Gasteiger partial charge in [0.15, 0.2) is 0 Å². The summed E-state index contributed by atoms with van der Waals surface area (Å²) < 4.78 is 5.20. The Hall–Kier alpha value is -1.78. The summed E-state index contributed by atoms with van der Waals surface area (Å²) in [5, 5.41) is 11.1. The van der Waals surface area contributed by atoms with Gasteiger partial charge in [0.25, 0.3) is 0 Å². The van der Waals surface area contributed by atoms with Crippen LogP contribution in [0.5, 0.6) is 5.75 Å². The highest BCUT2D eigenvalue weighted by atomic mass is 16.6. The SMILES string of the molecule is COc1c(C(C)(C)C)cc(N)c(C)c1[N+](=O)[O-]. The molecule has 0 heterocycles. The van der Waals surface area contributed by atoms with E-state index in [2.05, 4.69) is 0 Å². The summed E-state index contributed by atoms with van der Waals surface area (Å²) in [5.41, 5.74) is 7.12. The molecule has 2 N–H and O–H groups in total. The molecule has 94 valence electrons. The van der Waals surface area contributed by atoms with Gasteiger partial charge >= 0.3 is 5.69 Å². The molecule has 0 radical (unpaired) electrons. The molecule has 5 nitrogen and oxygen atoms in total. The Morgan fingerprint density at radius 2 is 1.94 bits per heavy atom. The number of nitro groups is 1. The maximum atomic E-state index is 11.1. The minimum Gasteiger partial charge on any atom is -0.490 e. The molecule has 0 aromatic heterocycles. The molecule has 0 amide bonds. The standard InChI is InChI=1S/C12H18N2O3/c1-7-9(13)6-8(12(2,3)4)11(17-5)10(7)14(15)16/h6H,13H2,1-5H3. The molecule has 0 aliphatic rings. The van der Waals surface area contributed by atoms with Gasteiger partial charge in [-0.2, -0.15) is 0 Å². The first-order chi connectivity index (χ1) is 7.70. The van der Waals surface area contributed by atoms with Gasteiger partial charge in [0.1, 0.15) is 0 Å². The van der Waals surface area contributed by atoms with E-state index < -0.39 is 4.92 Å². The summed E-state index contributed by atoms with van der Waals surface area (Å²) in [4.78, 5) is 10.7. The highest BCUT2D eigenvalue weighted by Crippen LogP contribution is 2.42. The van der Waals surface area contributed by atoms with E-state index in [4.69, 9.17) is 10.5 Å². The van der Waals surface area contributed by atoms with E-state index in [-0.39, 0.29) is 11.1 Å². The number of nitrogens with zero attached hydrogens (tertiary/aromatic N) is 1. The van der Waals surface area contributed by atoms with E-state index in [9.17, 15) is 10.1 Å². The van der Waals surface area contributed by atoms with Crippen LogP contribution in [0, 0.1) is 17.0 Å². The third kappa shape index (κ3) is 2.33. The highest BCUT2D eigenvalue weighted by molar-refractivity contribution is 5.68. The summed E-state index contributed by atoms with van der Waals surface area (Å²) in [6, 6.07) is 1.75. The number of hydrogen-bond acceptors (Lipinski definition) is 4. The first kappa shape index (κ1) is 13.3. The van der Waals surface area contributed by atoms with Crippen molar-refractivity contribution in [3.63, 3.8) is 0 Å². The topological polar surface area (TPSA) is 78.4 Å². The van der Waals surface area contributed by atoms with Crippen LogP contribution in [0.1, 0.15) is 31.9 Å². The zero-order valence-electron chi connectivity index (χ0n) is 10.8. The Bertz CT molecular complexity index is 462. The van der Waals surface area contributed by atoms with Gasteiger partial charge in [-0.25, -0.2) is 0 Å². The van der Waals surface area contributed by atoms with Gasteiger partial charge in [-0.05, 0) is 18.4 Å². The predicted molar refractivity (Wildman–Crippen MR) is 67.5 cm³/mol. The fourth-order valence-corrected chi connectivity index (χ4v) is 1.75. The summed E-state index contributed by atoms with van der Waals surface area (Å²) in [7, 11) is 1.44. The zero-order chi connectivity index (χ0) is 13.4. The number of nitrogens with two attached hydrogens (primary N) is 1. The third-order valence-electron chi connectivity index (χ3n) is 2.74. The molecule has 0 aliphatic heterocycles. The fourth-order valence-electron chi connectivity index (χ4n) is 1.75. The van der Waals surface area contributed by atoms with Crippen molar-refractivity contribution in [3.8, 4) is 5.75 Å². The first-order valence-electron chi connectivity index (χ1n) is 5.32. The lowest BCUT2D eigenvalue weighted by Gasteiger charge is -2.23. The average Bonchev–Trinajstić information content (AvgIpc) is 2.18. The monoisotopic (exact) mass is 238 g/mol. The van der Waals surface area contributed by atoms with Crippen LogP contribution < -0.4 is 10.5 Å². The van der Waals surface area contributed by atoms with Crippen LogP contribution >= 0.6 is 0 Å². The second-order valence-electron chi connectivity index (χ2n) is 5.03. The van der Waals surface area contributed by atoms with Gasteiger partial charge in [-0.1, -0.05) is 20.8 Å². The maximum absolute atomic E-state index is 11.1. The Kier molecular flexibility index (Phi) is 3.31. The molecule has 0 fully saturated rings. The molecule has 0 aliphatic carbocycles. The molecule has 17 heavy (non-hydrogen) atoms. The van der Waals surface area contributed by atoms with Crippen molar-refractivity contribution < 1.29 is 9.66 Å². The summed E-state index contributed by atoms with van der Waals surface area (Å²) in [6.45, 7) is 7.51. The number of anilines is 1. The molecule has 1 rings (SSSR count). The van der Waals surface area contributed by atoms with Crippen LogP contribution in [0.25, 0.3) is 0 Å². The lowest BCUT2D eigenvalue weighted by atomic mass is 9.84. The van der Waals surface area contributed by atoms with Crippen LogP contribution in [0.4, 0.5) is 11.4 Å². The molecule has 0 saturated heterocycles. The van der Waals surface area contributed by atoms with Gasteiger partial charge in [0.2, 0.25) is 5.75 Å². The van der Waals surface area contributed by atoms with E-state index >= 15 is 0 Å². The van der Waals surface area contributed by atoms with Crippen molar-refractivity contribution >= 4 is 11.4 Å². The number of hydrogen-bond donors (Lipinski definition) is 1. The molecule has 0 bridgehead atoms. The predicted octanol–water partition coefficient (Wildman–Crippen LogP) is 2.79. The molecule has 0 unspecified atom stereocenters. The number of rotatable bonds is 2. The Balaban J connectivity index is 3.70. The Morgan fingerprint density at radius 1 is 1.41 bits per heavy atom. The van der Waals surface area contributed by atoms with Crippen LogP contribution in [-0.2, 0) is 5.41 Å². The van der Waals surface area contributed by atoms with Crippen LogP contribution in [0.3, 0.4) is 0 Å². The van der Waals surface area contributed by atoms with Gasteiger partial charge in [0.05, 0.1) is 17.6 Å². The number of ether oxygens (including phenoxy) is 1. The van der Waals surface area contributed by atoms with E-state index in [0.29, 0.717) is 17.0 Å². The van der Waals surface area contributed by atoms with Crippen molar-refractivity contribution in [1.29, 1.82) is 0 Å². The van der Waals surface area contributed by atoms with Gasteiger partial charge in [-0.15, -0.1) is 0 Å². The van der Waals surface area contributed by atoms with E-state index in [1.165, 1.54) is 7.11 Å². The summed E-state index contributed by atoms with van der Waals surface area (Å²) >= 11 is 0. The van der Waals surface area contributed by atoms with Crippen LogP contribution in [-0.4, -0.2) is 12.0 Å².